The zero-order chi connectivity index (χ0) is 8.27. The van der Waals surface area contributed by atoms with Crippen molar-refractivity contribution in [2.45, 2.75) is 18.9 Å². The quantitative estimate of drug-likeness (QED) is 0.576. The maximum absolute atomic E-state index is 10.6. The van der Waals surface area contributed by atoms with Crippen LogP contribution in [0.2, 0.25) is 0 Å². The first-order chi connectivity index (χ1) is 5.20. The normalized spacial score (nSPS) is 23.3. The fourth-order valence-corrected chi connectivity index (χ4v) is 0.791. The Morgan fingerprint density at radius 2 is 2.45 bits per heavy atom. The van der Waals surface area contributed by atoms with Crippen molar-refractivity contribution in [1.29, 1.82) is 0 Å². The molecule has 11 heavy (non-hydrogen) atoms. The van der Waals surface area contributed by atoms with E-state index in [4.69, 9.17) is 9.84 Å². The summed E-state index contributed by atoms with van der Waals surface area (Å²) in [7, 11) is 0. The second kappa shape index (κ2) is 3.34. The van der Waals surface area contributed by atoms with Crippen LogP contribution in [-0.2, 0) is 19.1 Å². The van der Waals surface area contributed by atoms with E-state index in [1.54, 1.807) is 0 Å². The van der Waals surface area contributed by atoms with Gasteiger partial charge in [-0.2, -0.15) is 0 Å². The summed E-state index contributed by atoms with van der Waals surface area (Å²) in [5, 5.41) is 8.25. The summed E-state index contributed by atoms with van der Waals surface area (Å²) in [5.41, 5.74) is 0. The van der Waals surface area contributed by atoms with Gasteiger partial charge in [0.25, 0.3) is 0 Å². The van der Waals surface area contributed by atoms with E-state index >= 15 is 0 Å². The van der Waals surface area contributed by atoms with Crippen molar-refractivity contribution in [3.05, 3.63) is 0 Å². The van der Waals surface area contributed by atoms with Gasteiger partial charge in [0, 0.05) is 6.42 Å². The van der Waals surface area contributed by atoms with Gasteiger partial charge in [0.2, 0.25) is 0 Å². The number of carboxylic acids is 1. The predicted molar refractivity (Wildman–Crippen MR) is 32.7 cm³/mol. The molecular formula is C6H8O5. The SMILES string of the molecule is O=C(O)CCC1OCOC1=O. The molecule has 1 N–H and O–H groups in total. The van der Waals surface area contributed by atoms with E-state index in [0.717, 1.165) is 0 Å². The number of esters is 1. The third kappa shape index (κ3) is 2.19. The lowest BCUT2D eigenvalue weighted by Crippen LogP contribution is -2.17. The minimum atomic E-state index is -0.937. The molecule has 1 fully saturated rings. The smallest absolute Gasteiger partial charge is 0.337 e. The van der Waals surface area contributed by atoms with E-state index in [9.17, 15) is 9.59 Å². The highest BCUT2D eigenvalue weighted by Gasteiger charge is 2.27. The lowest BCUT2D eigenvalue weighted by atomic mass is 10.2. The Labute approximate surface area is 62.9 Å². The van der Waals surface area contributed by atoms with Gasteiger partial charge in [-0.1, -0.05) is 0 Å². The number of carboxylic acid groups (broad SMARTS) is 1. The summed E-state index contributed by atoms with van der Waals surface area (Å²) in [6, 6.07) is 0. The van der Waals surface area contributed by atoms with Crippen LogP contribution >= 0.6 is 0 Å². The summed E-state index contributed by atoms with van der Waals surface area (Å²) in [6.45, 7) is -0.0525. The number of rotatable bonds is 3. The van der Waals surface area contributed by atoms with Crippen LogP contribution in [0.25, 0.3) is 0 Å². The summed E-state index contributed by atoms with van der Waals surface area (Å²) in [5.74, 6) is -1.40. The van der Waals surface area contributed by atoms with Crippen LogP contribution in [0.15, 0.2) is 0 Å². The molecule has 0 aromatic carbocycles. The average Bonchev–Trinajstić information content (AvgIpc) is 2.31. The Hall–Kier alpha value is -1.10. The van der Waals surface area contributed by atoms with E-state index in [-0.39, 0.29) is 19.6 Å². The molecular weight excluding hydrogens is 152 g/mol. The zero-order valence-corrected chi connectivity index (χ0v) is 5.78. The molecule has 5 heteroatoms. The van der Waals surface area contributed by atoms with Crippen molar-refractivity contribution >= 4 is 11.9 Å². The minimum absolute atomic E-state index is 0.0525. The van der Waals surface area contributed by atoms with Crippen LogP contribution in [0.4, 0.5) is 0 Å². The molecule has 0 aromatic heterocycles. The molecule has 0 aromatic rings. The number of hydrogen-bond acceptors (Lipinski definition) is 4. The van der Waals surface area contributed by atoms with Crippen LogP contribution < -0.4 is 0 Å². The van der Waals surface area contributed by atoms with Gasteiger partial charge < -0.3 is 14.6 Å². The zero-order valence-electron chi connectivity index (χ0n) is 5.78. The van der Waals surface area contributed by atoms with Crippen LogP contribution in [0.5, 0.6) is 0 Å². The van der Waals surface area contributed by atoms with Gasteiger partial charge in [-0.05, 0) is 6.42 Å². The fraction of sp³-hybridized carbons (Fsp3) is 0.667. The van der Waals surface area contributed by atoms with E-state index in [2.05, 4.69) is 4.74 Å². The maximum atomic E-state index is 10.6. The topological polar surface area (TPSA) is 72.8 Å². The third-order valence-corrected chi connectivity index (χ3v) is 1.35. The molecule has 0 spiro atoms. The molecule has 62 valence electrons. The van der Waals surface area contributed by atoms with Gasteiger partial charge >= 0.3 is 11.9 Å². The molecule has 1 saturated heterocycles. The second-order valence-electron chi connectivity index (χ2n) is 2.17. The average molecular weight is 160 g/mol. The molecule has 1 atom stereocenters. The molecule has 0 bridgehead atoms. The van der Waals surface area contributed by atoms with Gasteiger partial charge in [0.1, 0.15) is 0 Å². The van der Waals surface area contributed by atoms with Crippen LogP contribution in [-0.4, -0.2) is 29.9 Å². The van der Waals surface area contributed by atoms with Crippen molar-refractivity contribution in [2.24, 2.45) is 0 Å². The number of ether oxygens (including phenoxy) is 2. The van der Waals surface area contributed by atoms with E-state index < -0.39 is 18.0 Å². The van der Waals surface area contributed by atoms with E-state index in [1.807, 2.05) is 0 Å². The maximum Gasteiger partial charge on any atom is 0.337 e. The van der Waals surface area contributed by atoms with E-state index in [0.29, 0.717) is 0 Å². The van der Waals surface area contributed by atoms with Crippen molar-refractivity contribution in [2.75, 3.05) is 6.79 Å². The fourth-order valence-electron chi connectivity index (χ4n) is 0.791. The highest BCUT2D eigenvalue weighted by Crippen LogP contribution is 2.10. The lowest BCUT2D eigenvalue weighted by molar-refractivity contribution is -0.140. The van der Waals surface area contributed by atoms with Gasteiger partial charge in [-0.15, -0.1) is 0 Å². The number of aliphatic carboxylic acids is 1. The first-order valence-corrected chi connectivity index (χ1v) is 3.20. The summed E-state index contributed by atoms with van der Waals surface area (Å²) < 4.78 is 9.22. The lowest BCUT2D eigenvalue weighted by Gasteiger charge is -2.00. The Morgan fingerprint density at radius 3 is 2.91 bits per heavy atom. The molecule has 0 amide bonds. The minimum Gasteiger partial charge on any atom is -0.481 e. The predicted octanol–water partition coefficient (Wildman–Crippen LogP) is -0.249. The molecule has 0 saturated carbocycles. The summed E-state index contributed by atoms with van der Waals surface area (Å²) in [6.07, 6.45) is -0.556. The molecule has 1 rings (SSSR count). The molecule has 0 aliphatic carbocycles. The molecule has 5 nitrogen and oxygen atoms in total. The van der Waals surface area contributed by atoms with Crippen LogP contribution in [0.1, 0.15) is 12.8 Å². The number of hydrogen-bond donors (Lipinski definition) is 1. The molecule has 1 unspecified atom stereocenters. The van der Waals surface area contributed by atoms with Gasteiger partial charge in [0.15, 0.2) is 12.9 Å². The Balaban J connectivity index is 2.26. The van der Waals surface area contributed by atoms with Crippen molar-refractivity contribution in [3.63, 3.8) is 0 Å². The number of carbonyl (C=O) groups is 2. The molecule has 1 aliphatic rings. The standard InChI is InChI=1S/C6H8O5/c7-5(8)2-1-4-6(9)11-3-10-4/h4H,1-3H2,(H,7,8). The first-order valence-electron chi connectivity index (χ1n) is 3.20. The highest BCUT2D eigenvalue weighted by molar-refractivity contribution is 5.76. The summed E-state index contributed by atoms with van der Waals surface area (Å²) in [4.78, 5) is 20.7. The summed E-state index contributed by atoms with van der Waals surface area (Å²) >= 11 is 0. The van der Waals surface area contributed by atoms with Crippen LogP contribution in [0.3, 0.4) is 0 Å². The third-order valence-electron chi connectivity index (χ3n) is 1.35. The second-order valence-corrected chi connectivity index (χ2v) is 2.17. The monoisotopic (exact) mass is 160 g/mol. The molecule has 0 radical (unpaired) electrons. The van der Waals surface area contributed by atoms with Crippen molar-refractivity contribution in [3.8, 4) is 0 Å². The number of carbonyl (C=O) groups excluding carboxylic acids is 1. The van der Waals surface area contributed by atoms with Gasteiger partial charge in [0.05, 0.1) is 0 Å². The Morgan fingerprint density at radius 1 is 1.73 bits per heavy atom. The molecule has 1 heterocycles. The van der Waals surface area contributed by atoms with Gasteiger partial charge in [-0.25, -0.2) is 4.79 Å². The van der Waals surface area contributed by atoms with Crippen LogP contribution in [0, 0.1) is 0 Å². The first kappa shape index (κ1) is 8.00. The van der Waals surface area contributed by atoms with E-state index in [1.165, 1.54) is 0 Å². The van der Waals surface area contributed by atoms with Crippen molar-refractivity contribution in [1.82, 2.24) is 0 Å². The van der Waals surface area contributed by atoms with Gasteiger partial charge in [-0.3, -0.25) is 4.79 Å². The Bertz CT molecular complexity index is 176. The largest absolute Gasteiger partial charge is 0.481 e. The van der Waals surface area contributed by atoms with Crippen molar-refractivity contribution < 1.29 is 24.2 Å². The highest BCUT2D eigenvalue weighted by atomic mass is 16.7. The number of cyclic esters (lactones) is 1. The molecule has 1 aliphatic heterocycles. The Kier molecular flexibility index (Phi) is 2.43.